The predicted octanol–water partition coefficient (Wildman–Crippen LogP) is 4.82. The van der Waals surface area contributed by atoms with E-state index in [1.807, 2.05) is 30.3 Å². The van der Waals surface area contributed by atoms with E-state index in [1.165, 1.54) is 4.90 Å². The zero-order valence-corrected chi connectivity index (χ0v) is 15.7. The molecular formula is C20H22ClNO4. The van der Waals surface area contributed by atoms with E-state index >= 15 is 0 Å². The van der Waals surface area contributed by atoms with Crippen LogP contribution in [-0.4, -0.2) is 28.1 Å². The molecule has 0 saturated heterocycles. The van der Waals surface area contributed by atoms with Gasteiger partial charge in [0.05, 0.1) is 0 Å². The zero-order chi connectivity index (χ0) is 19.3. The summed E-state index contributed by atoms with van der Waals surface area (Å²) in [5, 5.41) is 10.3. The summed E-state index contributed by atoms with van der Waals surface area (Å²) in [6.45, 7) is 5.36. The highest BCUT2D eigenvalue weighted by molar-refractivity contribution is 6.30. The molecule has 1 N–H and O–H groups in total. The summed E-state index contributed by atoms with van der Waals surface area (Å²) in [4.78, 5) is 25.9. The highest BCUT2D eigenvalue weighted by Crippen LogP contribution is 2.29. The normalized spacial score (nSPS) is 11.9. The van der Waals surface area contributed by atoms with Gasteiger partial charge in [-0.3, -0.25) is 4.90 Å². The minimum Gasteiger partial charge on any atom is -0.479 e. The van der Waals surface area contributed by atoms with E-state index in [2.05, 4.69) is 0 Å². The van der Waals surface area contributed by atoms with Gasteiger partial charge in [-0.1, -0.05) is 48.0 Å². The predicted molar refractivity (Wildman–Crippen MR) is 100 cm³/mol. The summed E-state index contributed by atoms with van der Waals surface area (Å²) in [5.74, 6) is -1.12. The van der Waals surface area contributed by atoms with Gasteiger partial charge >= 0.3 is 12.1 Å². The van der Waals surface area contributed by atoms with Crippen molar-refractivity contribution >= 4 is 23.7 Å². The van der Waals surface area contributed by atoms with Crippen LogP contribution >= 0.6 is 11.6 Å². The Bertz CT molecular complexity index is 777. The fourth-order valence-corrected chi connectivity index (χ4v) is 2.98. The average molecular weight is 376 g/mol. The number of amides is 1. The number of aryl methyl sites for hydroxylation is 1. The highest BCUT2D eigenvalue weighted by Gasteiger charge is 2.35. The number of aliphatic carboxylic acids is 1. The maximum Gasteiger partial charge on any atom is 0.411 e. The molecule has 138 valence electrons. The van der Waals surface area contributed by atoms with Crippen LogP contribution in [0.4, 0.5) is 4.79 Å². The summed E-state index contributed by atoms with van der Waals surface area (Å²) >= 11 is 5.97. The van der Waals surface area contributed by atoms with E-state index < -0.39 is 18.1 Å². The maximum atomic E-state index is 12.7. The number of carboxylic acid groups (broad SMARTS) is 1. The minimum atomic E-state index is -1.16. The number of halogens is 1. The van der Waals surface area contributed by atoms with E-state index in [1.54, 1.807) is 39.0 Å². The lowest BCUT2D eigenvalue weighted by atomic mass is 9.99. The van der Waals surface area contributed by atoms with Crippen molar-refractivity contribution in [3.8, 4) is 0 Å². The summed E-state index contributed by atoms with van der Waals surface area (Å²) in [7, 11) is 0. The van der Waals surface area contributed by atoms with E-state index in [9.17, 15) is 14.7 Å². The Balaban J connectivity index is 2.29. The molecule has 0 fully saturated rings. The monoisotopic (exact) mass is 375 g/mol. The molecule has 0 aliphatic carbocycles. The van der Waals surface area contributed by atoms with Gasteiger partial charge in [-0.15, -0.1) is 0 Å². The van der Waals surface area contributed by atoms with E-state index in [0.29, 0.717) is 16.1 Å². The van der Waals surface area contributed by atoms with Crippen LogP contribution in [0.25, 0.3) is 0 Å². The van der Waals surface area contributed by atoms with Gasteiger partial charge in [0.2, 0.25) is 0 Å². The van der Waals surface area contributed by atoms with Crippen molar-refractivity contribution in [1.82, 2.24) is 4.90 Å². The highest BCUT2D eigenvalue weighted by atomic mass is 35.5. The second-order valence-electron chi connectivity index (χ2n) is 6.28. The van der Waals surface area contributed by atoms with Crippen LogP contribution in [0.2, 0.25) is 5.02 Å². The molecule has 0 bridgehead atoms. The lowest BCUT2D eigenvalue weighted by Crippen LogP contribution is -2.44. The van der Waals surface area contributed by atoms with Gasteiger partial charge in [-0.05, 0) is 49.6 Å². The van der Waals surface area contributed by atoms with Gasteiger partial charge in [0.15, 0.2) is 6.04 Å². The first-order valence-electron chi connectivity index (χ1n) is 8.29. The Hall–Kier alpha value is -2.53. The van der Waals surface area contributed by atoms with Crippen molar-refractivity contribution in [3.05, 3.63) is 70.2 Å². The van der Waals surface area contributed by atoms with Crippen molar-refractivity contribution in [2.24, 2.45) is 0 Å². The molecule has 0 saturated carbocycles. The van der Waals surface area contributed by atoms with Gasteiger partial charge in [0, 0.05) is 11.1 Å². The molecule has 0 radical (unpaired) electrons. The summed E-state index contributed by atoms with van der Waals surface area (Å²) < 4.78 is 5.37. The van der Waals surface area contributed by atoms with Gasteiger partial charge in [0.1, 0.15) is 6.61 Å². The molecule has 1 unspecified atom stereocenters. The third-order valence-corrected chi connectivity index (χ3v) is 4.25. The molecule has 5 nitrogen and oxygen atoms in total. The molecule has 1 atom stereocenters. The first-order valence-corrected chi connectivity index (χ1v) is 8.67. The number of carbonyl (C=O) groups excluding carboxylic acids is 1. The number of carboxylic acids is 1. The van der Waals surface area contributed by atoms with Crippen LogP contribution in [0, 0.1) is 6.92 Å². The zero-order valence-electron chi connectivity index (χ0n) is 15.0. The van der Waals surface area contributed by atoms with E-state index in [4.69, 9.17) is 16.3 Å². The second kappa shape index (κ2) is 8.72. The van der Waals surface area contributed by atoms with Crippen molar-refractivity contribution in [3.63, 3.8) is 0 Å². The van der Waals surface area contributed by atoms with Crippen molar-refractivity contribution in [2.75, 3.05) is 0 Å². The van der Waals surface area contributed by atoms with E-state index in [-0.39, 0.29) is 12.6 Å². The fraction of sp³-hybridized carbons (Fsp3) is 0.300. The number of hydrogen-bond donors (Lipinski definition) is 1. The van der Waals surface area contributed by atoms with Gasteiger partial charge in [-0.2, -0.15) is 0 Å². The molecule has 26 heavy (non-hydrogen) atoms. The Morgan fingerprint density at radius 2 is 1.81 bits per heavy atom. The minimum absolute atomic E-state index is 0.0782. The van der Waals surface area contributed by atoms with Crippen molar-refractivity contribution in [2.45, 2.75) is 39.5 Å². The van der Waals surface area contributed by atoms with Crippen molar-refractivity contribution < 1.29 is 19.4 Å². The van der Waals surface area contributed by atoms with Gasteiger partial charge < -0.3 is 9.84 Å². The molecule has 0 heterocycles. The van der Waals surface area contributed by atoms with Crippen LogP contribution in [0.15, 0.2) is 48.5 Å². The third kappa shape index (κ3) is 4.76. The summed E-state index contributed by atoms with van der Waals surface area (Å²) in [6, 6.07) is 12.7. The third-order valence-electron chi connectivity index (χ3n) is 4.01. The molecule has 2 rings (SSSR count). The molecule has 0 spiro atoms. The second-order valence-corrected chi connectivity index (χ2v) is 6.72. The van der Waals surface area contributed by atoms with Crippen molar-refractivity contribution in [1.29, 1.82) is 0 Å². The van der Waals surface area contributed by atoms with Gasteiger partial charge in [0.25, 0.3) is 0 Å². The topological polar surface area (TPSA) is 66.8 Å². The number of benzene rings is 2. The molecule has 1 amide bonds. The Kier molecular flexibility index (Phi) is 6.64. The van der Waals surface area contributed by atoms with Crippen LogP contribution in [-0.2, 0) is 16.1 Å². The Labute approximate surface area is 158 Å². The van der Waals surface area contributed by atoms with Gasteiger partial charge in [-0.25, -0.2) is 9.59 Å². The first kappa shape index (κ1) is 19.8. The molecular weight excluding hydrogens is 354 g/mol. The molecule has 0 aromatic heterocycles. The lowest BCUT2D eigenvalue weighted by molar-refractivity contribution is -0.143. The summed E-state index contributed by atoms with van der Waals surface area (Å²) in [6.07, 6.45) is -0.675. The molecule has 2 aromatic carbocycles. The number of nitrogens with zero attached hydrogens (tertiary/aromatic N) is 1. The molecule has 6 heteroatoms. The molecule has 2 aromatic rings. The van der Waals surface area contributed by atoms with Crippen LogP contribution in [0.1, 0.15) is 36.6 Å². The Morgan fingerprint density at radius 3 is 2.35 bits per heavy atom. The van der Waals surface area contributed by atoms with Crippen LogP contribution in [0.3, 0.4) is 0 Å². The molecule has 0 aliphatic heterocycles. The quantitative estimate of drug-likeness (QED) is 0.785. The lowest BCUT2D eigenvalue weighted by Gasteiger charge is -2.32. The standard InChI is InChI=1S/C20H22ClNO4/c1-13(2)22(20(25)26-12-15-7-5-4-6-8-15)18(19(23)24)17-10-9-16(21)11-14(17)3/h4-11,13,18H,12H2,1-3H3,(H,23,24). The largest absolute Gasteiger partial charge is 0.479 e. The molecule has 0 aliphatic rings. The van der Waals surface area contributed by atoms with Crippen LogP contribution in [0.5, 0.6) is 0 Å². The summed E-state index contributed by atoms with van der Waals surface area (Å²) in [5.41, 5.74) is 2.04. The Morgan fingerprint density at radius 1 is 1.15 bits per heavy atom. The van der Waals surface area contributed by atoms with Crippen LogP contribution < -0.4 is 0 Å². The maximum absolute atomic E-state index is 12.7. The first-order chi connectivity index (χ1) is 12.3. The number of rotatable bonds is 6. The smallest absolute Gasteiger partial charge is 0.411 e. The fourth-order valence-electron chi connectivity index (χ4n) is 2.76. The van der Waals surface area contributed by atoms with E-state index in [0.717, 1.165) is 5.56 Å². The average Bonchev–Trinajstić information content (AvgIpc) is 2.58. The SMILES string of the molecule is Cc1cc(Cl)ccc1C(C(=O)O)N(C(=O)OCc1ccccc1)C(C)C. The number of carbonyl (C=O) groups is 2. The number of hydrogen-bond acceptors (Lipinski definition) is 3. The number of ether oxygens (including phenoxy) is 1.